The van der Waals surface area contributed by atoms with Gasteiger partial charge in [-0.25, -0.2) is 0 Å². The topological polar surface area (TPSA) is 145 Å². The van der Waals surface area contributed by atoms with Crippen molar-refractivity contribution >= 4 is 11.9 Å². The van der Waals surface area contributed by atoms with Crippen LogP contribution in [0.1, 0.15) is 13.8 Å². The van der Waals surface area contributed by atoms with Crippen molar-refractivity contribution in [3.05, 3.63) is 12.2 Å². The van der Waals surface area contributed by atoms with Gasteiger partial charge in [0, 0.05) is 13.8 Å². The summed E-state index contributed by atoms with van der Waals surface area (Å²) >= 11 is 0. The van der Waals surface area contributed by atoms with E-state index in [9.17, 15) is 0 Å². The second kappa shape index (κ2) is 10.7. The van der Waals surface area contributed by atoms with Gasteiger partial charge in [-0.3, -0.25) is 9.59 Å². The molecule has 106 valence electrons. The van der Waals surface area contributed by atoms with Gasteiger partial charge in [0.15, 0.2) is 6.29 Å². The molecule has 0 saturated carbocycles. The van der Waals surface area contributed by atoms with Crippen LogP contribution in [0, 0.1) is 0 Å². The summed E-state index contributed by atoms with van der Waals surface area (Å²) in [4.78, 5) is 18.0. The lowest BCUT2D eigenvalue weighted by molar-refractivity contribution is -0.154. The van der Waals surface area contributed by atoms with Crippen LogP contribution >= 0.6 is 0 Å². The molecule has 0 radical (unpaired) electrons. The number of hydrogen-bond donors (Lipinski definition) is 5. The van der Waals surface area contributed by atoms with E-state index >= 15 is 0 Å². The Balaban J connectivity index is 0. The maximum Gasteiger partial charge on any atom is 0.300 e. The Bertz CT molecular complexity index is 255. The molecule has 0 spiro atoms. The Morgan fingerprint density at radius 2 is 1.50 bits per heavy atom. The maximum atomic E-state index is 9.00. The van der Waals surface area contributed by atoms with E-state index in [1.807, 2.05) is 0 Å². The number of ether oxygens (including phenoxy) is 1. The quantitative estimate of drug-likeness (QED) is 0.372. The Kier molecular flexibility index (Phi) is 11.2. The van der Waals surface area contributed by atoms with E-state index in [2.05, 4.69) is 0 Å². The highest BCUT2D eigenvalue weighted by atomic mass is 16.6. The minimum absolute atomic E-state index is 0.289. The van der Waals surface area contributed by atoms with Gasteiger partial charge in [-0.2, -0.15) is 0 Å². The van der Waals surface area contributed by atoms with Crippen molar-refractivity contribution in [1.29, 1.82) is 0 Å². The van der Waals surface area contributed by atoms with Crippen LogP contribution in [-0.4, -0.2) is 62.6 Å². The zero-order valence-electron chi connectivity index (χ0n) is 10.1. The smallest absolute Gasteiger partial charge is 0.300 e. The van der Waals surface area contributed by atoms with Crippen LogP contribution in [0.15, 0.2) is 12.2 Å². The molecule has 0 amide bonds. The number of aliphatic hydroxyl groups is 3. The summed E-state index contributed by atoms with van der Waals surface area (Å²) in [7, 11) is 0. The second-order valence-corrected chi connectivity index (χ2v) is 3.16. The Hall–Kier alpha value is -1.48. The summed E-state index contributed by atoms with van der Waals surface area (Å²) in [6, 6.07) is 0. The van der Waals surface area contributed by atoms with E-state index in [1.54, 1.807) is 0 Å². The van der Waals surface area contributed by atoms with Gasteiger partial charge in [-0.05, 0) is 6.08 Å². The van der Waals surface area contributed by atoms with Crippen molar-refractivity contribution in [3.8, 4) is 0 Å². The normalized spacial score (nSPS) is 25.1. The minimum Gasteiger partial charge on any atom is -0.481 e. The number of rotatable bonds is 1. The number of carboxylic acids is 2. The van der Waals surface area contributed by atoms with E-state index < -0.39 is 30.4 Å². The first-order chi connectivity index (χ1) is 8.20. The fraction of sp³-hybridized carbons (Fsp3) is 0.600. The Morgan fingerprint density at radius 3 is 1.78 bits per heavy atom. The molecule has 1 aliphatic heterocycles. The number of hydrogen-bond acceptors (Lipinski definition) is 6. The van der Waals surface area contributed by atoms with Gasteiger partial charge in [0.05, 0.1) is 6.61 Å². The molecule has 0 aromatic carbocycles. The lowest BCUT2D eigenvalue weighted by atomic mass is 10.1. The third-order valence-electron chi connectivity index (χ3n) is 1.35. The number of aliphatic hydroxyl groups excluding tert-OH is 3. The lowest BCUT2D eigenvalue weighted by Crippen LogP contribution is -2.37. The van der Waals surface area contributed by atoms with Crippen molar-refractivity contribution in [1.82, 2.24) is 0 Å². The molecular formula is C10H18O8. The van der Waals surface area contributed by atoms with E-state index in [0.717, 1.165) is 13.8 Å². The molecule has 1 unspecified atom stereocenters. The van der Waals surface area contributed by atoms with Crippen LogP contribution in [-0.2, 0) is 14.3 Å². The first kappa shape index (κ1) is 18.9. The van der Waals surface area contributed by atoms with Crippen molar-refractivity contribution in [3.63, 3.8) is 0 Å². The molecule has 0 bridgehead atoms. The van der Waals surface area contributed by atoms with Crippen LogP contribution < -0.4 is 0 Å². The highest BCUT2D eigenvalue weighted by Gasteiger charge is 2.23. The summed E-state index contributed by atoms with van der Waals surface area (Å²) in [5.41, 5.74) is 0. The molecule has 1 rings (SSSR count). The summed E-state index contributed by atoms with van der Waals surface area (Å²) < 4.78 is 4.72. The largest absolute Gasteiger partial charge is 0.481 e. The predicted molar refractivity (Wildman–Crippen MR) is 59.7 cm³/mol. The van der Waals surface area contributed by atoms with E-state index in [0.29, 0.717) is 0 Å². The summed E-state index contributed by atoms with van der Waals surface area (Å²) in [5.74, 6) is -1.67. The highest BCUT2D eigenvalue weighted by molar-refractivity contribution is 5.63. The monoisotopic (exact) mass is 266 g/mol. The van der Waals surface area contributed by atoms with Gasteiger partial charge >= 0.3 is 0 Å². The SMILES string of the molecule is CC(=O)O.CC(=O)O.OC[C@H]1OC(O)C=C[C@@H]1O. The molecule has 18 heavy (non-hydrogen) atoms. The predicted octanol–water partition coefficient (Wildman–Crippen LogP) is -1.21. The van der Waals surface area contributed by atoms with Crippen LogP contribution in [0.4, 0.5) is 0 Å². The Morgan fingerprint density at radius 1 is 1.11 bits per heavy atom. The summed E-state index contributed by atoms with van der Waals surface area (Å²) in [5, 5.41) is 41.2. The number of aliphatic carboxylic acids is 2. The van der Waals surface area contributed by atoms with Crippen molar-refractivity contribution in [2.75, 3.05) is 6.61 Å². The zero-order chi connectivity index (χ0) is 14.7. The van der Waals surface area contributed by atoms with Crippen LogP contribution in [0.2, 0.25) is 0 Å². The van der Waals surface area contributed by atoms with Gasteiger partial charge in [-0.15, -0.1) is 0 Å². The van der Waals surface area contributed by atoms with Gasteiger partial charge < -0.3 is 30.3 Å². The van der Waals surface area contributed by atoms with Crippen molar-refractivity contribution in [2.24, 2.45) is 0 Å². The number of carbonyl (C=O) groups is 2. The van der Waals surface area contributed by atoms with Gasteiger partial charge in [0.25, 0.3) is 11.9 Å². The van der Waals surface area contributed by atoms with E-state index in [-0.39, 0.29) is 6.61 Å². The minimum atomic E-state index is -0.999. The third-order valence-corrected chi connectivity index (χ3v) is 1.35. The Labute approximate surface area is 104 Å². The lowest BCUT2D eigenvalue weighted by Gasteiger charge is -2.24. The number of carboxylic acid groups (broad SMARTS) is 2. The maximum absolute atomic E-state index is 9.00. The standard InChI is InChI=1S/C6H10O4.2C2H4O2/c7-3-5-4(8)1-2-6(9)10-5;2*1-2(3)4/h1-2,4-9H,3H2;2*1H3,(H,3,4)/t4-,5+,6?;;/m0../s1. The molecule has 0 fully saturated rings. The molecule has 3 atom stereocenters. The third kappa shape index (κ3) is 14.5. The van der Waals surface area contributed by atoms with Crippen LogP contribution in [0.5, 0.6) is 0 Å². The average Bonchev–Trinajstić information content (AvgIpc) is 2.20. The van der Waals surface area contributed by atoms with Crippen molar-refractivity contribution < 1.29 is 39.9 Å². The molecule has 0 aromatic rings. The average molecular weight is 266 g/mol. The van der Waals surface area contributed by atoms with Gasteiger partial charge in [-0.1, -0.05) is 6.08 Å². The molecule has 8 nitrogen and oxygen atoms in total. The van der Waals surface area contributed by atoms with Crippen LogP contribution in [0.25, 0.3) is 0 Å². The highest BCUT2D eigenvalue weighted by Crippen LogP contribution is 2.10. The van der Waals surface area contributed by atoms with Gasteiger partial charge in [0.1, 0.15) is 12.2 Å². The van der Waals surface area contributed by atoms with Crippen LogP contribution in [0.3, 0.4) is 0 Å². The molecular weight excluding hydrogens is 248 g/mol. The molecule has 0 aliphatic carbocycles. The molecule has 1 heterocycles. The molecule has 0 aromatic heterocycles. The molecule has 5 N–H and O–H groups in total. The first-order valence-corrected chi connectivity index (χ1v) is 4.90. The summed E-state index contributed by atoms with van der Waals surface area (Å²) in [6.07, 6.45) is 0.222. The van der Waals surface area contributed by atoms with E-state index in [4.69, 9.17) is 39.9 Å². The summed E-state index contributed by atoms with van der Waals surface area (Å²) in [6.45, 7) is 1.88. The van der Waals surface area contributed by atoms with Crippen molar-refractivity contribution in [2.45, 2.75) is 32.3 Å². The van der Waals surface area contributed by atoms with E-state index in [1.165, 1.54) is 12.2 Å². The molecule has 8 heteroatoms. The fourth-order valence-corrected chi connectivity index (χ4v) is 0.789. The zero-order valence-corrected chi connectivity index (χ0v) is 10.1. The fourth-order valence-electron chi connectivity index (χ4n) is 0.789. The molecule has 0 saturated heterocycles. The molecule has 1 aliphatic rings. The first-order valence-electron chi connectivity index (χ1n) is 4.90. The second-order valence-electron chi connectivity index (χ2n) is 3.16. The van der Waals surface area contributed by atoms with Gasteiger partial charge in [0.2, 0.25) is 0 Å².